The Labute approximate surface area is 206 Å². The normalized spacial score (nSPS) is 14.9. The molecule has 6 nitrogen and oxygen atoms in total. The number of hydrogen-bond acceptors (Lipinski definition) is 4. The number of halogens is 3. The summed E-state index contributed by atoms with van der Waals surface area (Å²) in [5, 5.41) is 5.24. The minimum Gasteiger partial charge on any atom is -0.368 e. The number of amides is 2. The predicted octanol–water partition coefficient (Wildman–Crippen LogP) is 4.65. The number of alkyl halides is 3. The van der Waals surface area contributed by atoms with Gasteiger partial charge in [-0.2, -0.15) is 13.2 Å². The summed E-state index contributed by atoms with van der Waals surface area (Å²) in [4.78, 5) is 29.7. The van der Waals surface area contributed by atoms with E-state index in [2.05, 4.69) is 22.1 Å². The molecule has 0 saturated carbocycles. The van der Waals surface area contributed by atoms with Crippen molar-refractivity contribution < 1.29 is 22.8 Å². The van der Waals surface area contributed by atoms with E-state index < -0.39 is 23.6 Å². The van der Waals surface area contributed by atoms with Gasteiger partial charge in [0.05, 0.1) is 5.56 Å². The molecule has 1 aromatic rings. The van der Waals surface area contributed by atoms with E-state index >= 15 is 0 Å². The van der Waals surface area contributed by atoms with Crippen LogP contribution < -0.4 is 15.5 Å². The topological polar surface area (TPSA) is 64.7 Å². The first-order chi connectivity index (χ1) is 16.3. The fraction of sp³-hybridized carbons (Fsp3) is 0.538. The number of nitrogens with zero attached hydrogens (tertiary/aromatic N) is 2. The van der Waals surface area contributed by atoms with E-state index in [1.807, 2.05) is 18.9 Å². The Hall–Kier alpha value is -2.81. The van der Waals surface area contributed by atoms with E-state index in [1.54, 1.807) is 27.7 Å². The van der Waals surface area contributed by atoms with Crippen LogP contribution in [0.5, 0.6) is 0 Å². The monoisotopic (exact) mass is 494 g/mol. The third kappa shape index (κ3) is 7.34. The molecule has 2 amide bonds. The molecule has 1 heterocycles. The van der Waals surface area contributed by atoms with Gasteiger partial charge in [-0.1, -0.05) is 12.2 Å². The third-order valence-electron chi connectivity index (χ3n) is 6.36. The smallest absolute Gasteiger partial charge is 0.368 e. The highest BCUT2D eigenvalue weighted by Gasteiger charge is 2.34. The quantitative estimate of drug-likeness (QED) is 0.517. The highest BCUT2D eigenvalue weighted by atomic mass is 19.4. The van der Waals surface area contributed by atoms with Crippen molar-refractivity contribution in [3.8, 4) is 0 Å². The lowest BCUT2D eigenvalue weighted by atomic mass is 9.97. The van der Waals surface area contributed by atoms with Crippen LogP contribution in [0.4, 0.5) is 18.9 Å². The maximum absolute atomic E-state index is 13.8. The highest BCUT2D eigenvalue weighted by Crippen LogP contribution is 2.37. The van der Waals surface area contributed by atoms with E-state index in [9.17, 15) is 22.8 Å². The molecule has 0 radical (unpaired) electrons. The molecule has 0 aromatic heterocycles. The van der Waals surface area contributed by atoms with Gasteiger partial charge in [0.1, 0.15) is 0 Å². The number of allylic oxidation sites excluding steroid dienone is 2. The van der Waals surface area contributed by atoms with E-state index in [4.69, 9.17) is 0 Å². The summed E-state index contributed by atoms with van der Waals surface area (Å²) in [6.45, 7) is 14.5. The highest BCUT2D eigenvalue weighted by molar-refractivity contribution is 6.00. The largest absolute Gasteiger partial charge is 0.416 e. The zero-order valence-electron chi connectivity index (χ0n) is 21.5. The Morgan fingerprint density at radius 2 is 1.77 bits per heavy atom. The molecule has 1 aromatic carbocycles. The first-order valence-corrected chi connectivity index (χ1v) is 11.8. The Balaban J connectivity index is 2.42. The molecule has 2 N–H and O–H groups in total. The van der Waals surface area contributed by atoms with Crippen LogP contribution in [0.2, 0.25) is 0 Å². The van der Waals surface area contributed by atoms with Crippen molar-refractivity contribution in [2.24, 2.45) is 0 Å². The molecule has 0 atom stereocenters. The SMILES string of the molecule is C=C(C)NC(=O)C(CNC(=O)c1cc(C(F)(F)F)cc(N(CC)C2CCN(C)CC2)c1C)=C(C)C. The van der Waals surface area contributed by atoms with Crippen LogP contribution in [0.25, 0.3) is 0 Å². The summed E-state index contributed by atoms with van der Waals surface area (Å²) in [5.74, 6) is -1.06. The summed E-state index contributed by atoms with van der Waals surface area (Å²) in [7, 11) is 2.03. The number of carbonyl (C=O) groups excluding carboxylic acids is 2. The van der Waals surface area contributed by atoms with Crippen molar-refractivity contribution in [1.29, 1.82) is 0 Å². The fourth-order valence-electron chi connectivity index (χ4n) is 4.35. The molecule has 1 saturated heterocycles. The summed E-state index contributed by atoms with van der Waals surface area (Å²) in [5.41, 5.74) is 1.46. The molecule has 35 heavy (non-hydrogen) atoms. The van der Waals surface area contributed by atoms with Crippen molar-refractivity contribution in [2.75, 3.05) is 38.1 Å². The number of nitrogens with one attached hydrogen (secondary N) is 2. The van der Waals surface area contributed by atoms with Gasteiger partial charge in [-0.05, 0) is 85.3 Å². The summed E-state index contributed by atoms with van der Waals surface area (Å²) in [6.07, 6.45) is -2.93. The molecule has 9 heteroatoms. The van der Waals surface area contributed by atoms with Gasteiger partial charge in [0.15, 0.2) is 0 Å². The van der Waals surface area contributed by atoms with Gasteiger partial charge in [-0.25, -0.2) is 0 Å². The minimum absolute atomic E-state index is 0.0466. The zero-order chi connectivity index (χ0) is 26.5. The summed E-state index contributed by atoms with van der Waals surface area (Å²) in [6, 6.07) is 2.14. The average Bonchev–Trinajstić information content (AvgIpc) is 2.75. The molecule has 0 spiro atoms. The standard InChI is InChI=1S/C26H37F3N4O2/c1-8-33(20-9-11-32(7)12-10-20)23-14-19(26(27,28)29)13-21(18(23)6)24(34)30-15-22(16(2)3)25(35)31-17(4)5/h13-14,20H,4,8-12,15H2,1-3,5-7H3,(H,30,34)(H,31,35). The van der Waals surface area contributed by atoms with E-state index in [0.717, 1.165) is 38.1 Å². The van der Waals surface area contributed by atoms with Gasteiger partial charge >= 0.3 is 6.18 Å². The third-order valence-corrected chi connectivity index (χ3v) is 6.36. The molecule has 2 rings (SSSR count). The number of piperidine rings is 1. The second kappa shape index (κ2) is 11.7. The molecule has 0 aliphatic carbocycles. The average molecular weight is 495 g/mol. The van der Waals surface area contributed by atoms with Gasteiger partial charge in [0.25, 0.3) is 11.8 Å². The van der Waals surface area contributed by atoms with Crippen LogP contribution >= 0.6 is 0 Å². The molecule has 0 unspecified atom stereocenters. The number of rotatable bonds is 8. The van der Waals surface area contributed by atoms with Gasteiger partial charge in [-0.15, -0.1) is 0 Å². The van der Waals surface area contributed by atoms with Crippen molar-refractivity contribution >= 4 is 17.5 Å². The van der Waals surface area contributed by atoms with Crippen LogP contribution in [-0.4, -0.2) is 56.0 Å². The molecule has 1 aliphatic rings. The Morgan fingerprint density at radius 3 is 2.26 bits per heavy atom. The van der Waals surface area contributed by atoms with Crippen molar-refractivity contribution in [3.63, 3.8) is 0 Å². The first-order valence-electron chi connectivity index (χ1n) is 11.8. The Morgan fingerprint density at radius 1 is 1.17 bits per heavy atom. The summed E-state index contributed by atoms with van der Waals surface area (Å²) >= 11 is 0. The molecule has 1 fully saturated rings. The first kappa shape index (κ1) is 28.4. The maximum atomic E-state index is 13.8. The second-order valence-electron chi connectivity index (χ2n) is 9.38. The van der Waals surface area contributed by atoms with E-state index in [0.29, 0.717) is 34.6 Å². The molecule has 0 bridgehead atoms. The zero-order valence-corrected chi connectivity index (χ0v) is 21.5. The fourth-order valence-corrected chi connectivity index (χ4v) is 4.35. The van der Waals surface area contributed by atoms with Crippen LogP contribution in [0.15, 0.2) is 35.6 Å². The molecular weight excluding hydrogens is 457 g/mol. The Kier molecular flexibility index (Phi) is 9.54. The lowest BCUT2D eigenvalue weighted by Gasteiger charge is -2.39. The summed E-state index contributed by atoms with van der Waals surface area (Å²) < 4.78 is 41.5. The van der Waals surface area contributed by atoms with Crippen molar-refractivity contribution in [2.45, 2.75) is 59.7 Å². The minimum atomic E-state index is -4.60. The molecule has 1 aliphatic heterocycles. The van der Waals surface area contributed by atoms with Crippen molar-refractivity contribution in [1.82, 2.24) is 15.5 Å². The predicted molar refractivity (Wildman–Crippen MR) is 133 cm³/mol. The van der Waals surface area contributed by atoms with Crippen LogP contribution in [0.3, 0.4) is 0 Å². The number of hydrogen-bond donors (Lipinski definition) is 2. The van der Waals surface area contributed by atoms with E-state index in [-0.39, 0.29) is 18.2 Å². The second-order valence-corrected chi connectivity index (χ2v) is 9.38. The van der Waals surface area contributed by atoms with E-state index in [1.165, 1.54) is 0 Å². The van der Waals surface area contributed by atoms with Gasteiger partial charge in [0, 0.05) is 41.7 Å². The lowest BCUT2D eigenvalue weighted by Crippen LogP contribution is -2.44. The molecule has 194 valence electrons. The van der Waals surface area contributed by atoms with Gasteiger partial charge in [0.2, 0.25) is 0 Å². The lowest BCUT2D eigenvalue weighted by molar-refractivity contribution is -0.137. The maximum Gasteiger partial charge on any atom is 0.416 e. The van der Waals surface area contributed by atoms with Crippen molar-refractivity contribution in [3.05, 3.63) is 52.2 Å². The van der Waals surface area contributed by atoms with Crippen LogP contribution in [0, 0.1) is 6.92 Å². The van der Waals surface area contributed by atoms with Gasteiger partial charge < -0.3 is 20.4 Å². The number of likely N-dealkylation sites (tertiary alicyclic amines) is 1. The van der Waals surface area contributed by atoms with Crippen LogP contribution in [0.1, 0.15) is 62.0 Å². The van der Waals surface area contributed by atoms with Crippen LogP contribution in [-0.2, 0) is 11.0 Å². The number of carbonyl (C=O) groups is 2. The molecular formula is C26H37F3N4O2. The number of benzene rings is 1. The Bertz CT molecular complexity index is 989. The number of anilines is 1. The van der Waals surface area contributed by atoms with Gasteiger partial charge in [-0.3, -0.25) is 9.59 Å².